The minimum Gasteiger partial charge on any atom is -0.487 e. The highest BCUT2D eigenvalue weighted by atomic mass is 16.5. The number of aryl methyl sites for hydroxylation is 1. The van der Waals surface area contributed by atoms with Crippen LogP contribution < -0.4 is 9.47 Å². The maximum atomic E-state index is 5.96. The van der Waals surface area contributed by atoms with Crippen molar-refractivity contribution in [1.82, 2.24) is 0 Å². The lowest BCUT2D eigenvalue weighted by Gasteiger charge is -2.13. The van der Waals surface area contributed by atoms with Gasteiger partial charge in [0.05, 0.1) is 6.10 Å². The van der Waals surface area contributed by atoms with Crippen molar-refractivity contribution in [2.45, 2.75) is 38.9 Å². The summed E-state index contributed by atoms with van der Waals surface area (Å²) >= 11 is 0. The molecule has 0 N–H and O–H groups in total. The Hall–Kier alpha value is -1.96. The van der Waals surface area contributed by atoms with E-state index in [1.807, 2.05) is 24.3 Å². The largest absolute Gasteiger partial charge is 0.487 e. The van der Waals surface area contributed by atoms with Gasteiger partial charge in [-0.25, -0.2) is 0 Å². The van der Waals surface area contributed by atoms with Gasteiger partial charge in [-0.3, -0.25) is 0 Å². The molecule has 2 heteroatoms. The van der Waals surface area contributed by atoms with Crippen molar-refractivity contribution >= 4 is 0 Å². The Morgan fingerprint density at radius 3 is 2.45 bits per heavy atom. The van der Waals surface area contributed by atoms with Gasteiger partial charge in [-0.1, -0.05) is 43.3 Å². The van der Waals surface area contributed by atoms with Gasteiger partial charge in [-0.15, -0.1) is 0 Å². The van der Waals surface area contributed by atoms with Crippen molar-refractivity contribution in [2.75, 3.05) is 0 Å². The molecule has 2 nitrogen and oxygen atoms in total. The molecule has 0 heterocycles. The molecule has 20 heavy (non-hydrogen) atoms. The summed E-state index contributed by atoms with van der Waals surface area (Å²) in [4.78, 5) is 0. The molecule has 2 aromatic rings. The monoisotopic (exact) mass is 268 g/mol. The van der Waals surface area contributed by atoms with Gasteiger partial charge in [0.1, 0.15) is 6.61 Å². The van der Waals surface area contributed by atoms with E-state index in [0.29, 0.717) is 12.7 Å². The molecule has 1 aliphatic carbocycles. The predicted molar refractivity (Wildman–Crippen MR) is 80.2 cm³/mol. The summed E-state index contributed by atoms with van der Waals surface area (Å²) < 4.78 is 11.9. The van der Waals surface area contributed by atoms with Gasteiger partial charge < -0.3 is 9.47 Å². The normalized spacial score (nSPS) is 14.1. The lowest BCUT2D eigenvalue weighted by molar-refractivity contribution is 0.254. The van der Waals surface area contributed by atoms with Gasteiger partial charge in [-0.05, 0) is 42.5 Å². The third-order valence-electron chi connectivity index (χ3n) is 3.47. The first-order chi connectivity index (χ1) is 9.85. The summed E-state index contributed by atoms with van der Waals surface area (Å²) in [6.07, 6.45) is 3.73. The van der Waals surface area contributed by atoms with Crippen LogP contribution >= 0.6 is 0 Å². The van der Waals surface area contributed by atoms with Crippen molar-refractivity contribution in [3.05, 3.63) is 59.7 Å². The first-order valence-electron chi connectivity index (χ1n) is 7.31. The molecule has 2 aromatic carbocycles. The van der Waals surface area contributed by atoms with Crippen LogP contribution in [0.5, 0.6) is 11.5 Å². The Morgan fingerprint density at radius 2 is 1.75 bits per heavy atom. The van der Waals surface area contributed by atoms with E-state index in [-0.39, 0.29) is 0 Å². The Kier molecular flexibility index (Phi) is 3.91. The zero-order valence-electron chi connectivity index (χ0n) is 11.8. The highest BCUT2D eigenvalue weighted by Crippen LogP contribution is 2.35. The van der Waals surface area contributed by atoms with Crippen LogP contribution in [0.3, 0.4) is 0 Å². The lowest BCUT2D eigenvalue weighted by Crippen LogP contribution is -2.02. The van der Waals surface area contributed by atoms with E-state index in [2.05, 4.69) is 31.2 Å². The van der Waals surface area contributed by atoms with Crippen LogP contribution in [0.15, 0.2) is 48.5 Å². The molecule has 0 aromatic heterocycles. The number of hydrogen-bond acceptors (Lipinski definition) is 2. The number of hydrogen-bond donors (Lipinski definition) is 0. The first-order valence-corrected chi connectivity index (χ1v) is 7.31. The van der Waals surface area contributed by atoms with Gasteiger partial charge in [0.2, 0.25) is 0 Å². The number of benzene rings is 2. The Balaban J connectivity index is 1.73. The average molecular weight is 268 g/mol. The topological polar surface area (TPSA) is 18.5 Å². The minimum absolute atomic E-state index is 0.390. The molecule has 1 aliphatic rings. The fraction of sp³-hybridized carbons (Fsp3) is 0.333. The summed E-state index contributed by atoms with van der Waals surface area (Å²) in [6, 6.07) is 16.5. The van der Waals surface area contributed by atoms with Crippen LogP contribution in [0.25, 0.3) is 0 Å². The quantitative estimate of drug-likeness (QED) is 0.774. The minimum atomic E-state index is 0.390. The number of ether oxygens (including phenoxy) is 2. The van der Waals surface area contributed by atoms with E-state index < -0.39 is 0 Å². The molecule has 0 saturated heterocycles. The molecule has 0 aliphatic heterocycles. The van der Waals surface area contributed by atoms with Crippen molar-refractivity contribution < 1.29 is 9.47 Å². The number of rotatable bonds is 6. The van der Waals surface area contributed by atoms with Crippen LogP contribution in [-0.4, -0.2) is 6.10 Å². The molecule has 0 radical (unpaired) electrons. The van der Waals surface area contributed by atoms with E-state index in [9.17, 15) is 0 Å². The predicted octanol–water partition coefficient (Wildman–Crippen LogP) is 4.37. The van der Waals surface area contributed by atoms with Crippen LogP contribution in [0.1, 0.15) is 30.9 Å². The molecule has 3 rings (SSSR count). The van der Waals surface area contributed by atoms with E-state index in [1.54, 1.807) is 0 Å². The average Bonchev–Trinajstić information content (AvgIpc) is 3.31. The van der Waals surface area contributed by atoms with E-state index in [1.165, 1.54) is 11.1 Å². The van der Waals surface area contributed by atoms with Crippen LogP contribution in [0, 0.1) is 0 Å². The Bertz CT molecular complexity index is 559. The molecule has 104 valence electrons. The highest BCUT2D eigenvalue weighted by molar-refractivity contribution is 5.43. The van der Waals surface area contributed by atoms with E-state index in [0.717, 1.165) is 30.8 Å². The van der Waals surface area contributed by atoms with Crippen molar-refractivity contribution in [1.29, 1.82) is 0 Å². The second-order valence-corrected chi connectivity index (χ2v) is 5.23. The first kappa shape index (κ1) is 13.0. The Labute approximate surface area is 120 Å². The van der Waals surface area contributed by atoms with Gasteiger partial charge in [0, 0.05) is 0 Å². The molecule has 0 unspecified atom stereocenters. The molecule has 0 bridgehead atoms. The summed E-state index contributed by atoms with van der Waals surface area (Å²) in [6.45, 7) is 2.73. The van der Waals surface area contributed by atoms with Crippen molar-refractivity contribution in [3.63, 3.8) is 0 Å². The van der Waals surface area contributed by atoms with Crippen LogP contribution in [0.2, 0.25) is 0 Å². The summed E-state index contributed by atoms with van der Waals surface area (Å²) in [5.41, 5.74) is 2.46. The molecular formula is C18H20O2. The Morgan fingerprint density at radius 1 is 0.950 bits per heavy atom. The van der Waals surface area contributed by atoms with Crippen LogP contribution in [-0.2, 0) is 13.0 Å². The maximum absolute atomic E-state index is 5.96. The van der Waals surface area contributed by atoms with Crippen LogP contribution in [0.4, 0.5) is 0 Å². The van der Waals surface area contributed by atoms with E-state index in [4.69, 9.17) is 9.47 Å². The zero-order chi connectivity index (χ0) is 13.8. The van der Waals surface area contributed by atoms with Gasteiger partial charge in [0.25, 0.3) is 0 Å². The SMILES string of the molecule is CCc1ccc(OCc2ccccc2)c(OC2CC2)c1. The molecule has 0 atom stereocenters. The molecular weight excluding hydrogens is 248 g/mol. The van der Waals surface area contributed by atoms with Gasteiger partial charge in [-0.2, -0.15) is 0 Å². The van der Waals surface area contributed by atoms with Gasteiger partial charge in [0.15, 0.2) is 11.5 Å². The second-order valence-electron chi connectivity index (χ2n) is 5.23. The standard InChI is InChI=1S/C18H20O2/c1-2-14-8-11-17(18(12-14)20-16-9-10-16)19-13-15-6-4-3-5-7-15/h3-8,11-12,16H,2,9-10,13H2,1H3. The molecule has 1 fully saturated rings. The summed E-state index contributed by atoms with van der Waals surface area (Å²) in [5, 5.41) is 0. The fourth-order valence-electron chi connectivity index (χ4n) is 2.08. The smallest absolute Gasteiger partial charge is 0.161 e. The van der Waals surface area contributed by atoms with Crippen molar-refractivity contribution in [2.24, 2.45) is 0 Å². The van der Waals surface area contributed by atoms with Crippen molar-refractivity contribution in [3.8, 4) is 11.5 Å². The summed E-state index contributed by atoms with van der Waals surface area (Å²) in [7, 11) is 0. The molecule has 0 spiro atoms. The third-order valence-corrected chi connectivity index (χ3v) is 3.47. The summed E-state index contributed by atoms with van der Waals surface area (Å²) in [5.74, 6) is 1.74. The fourth-order valence-corrected chi connectivity index (χ4v) is 2.08. The molecule has 1 saturated carbocycles. The van der Waals surface area contributed by atoms with E-state index >= 15 is 0 Å². The lowest BCUT2D eigenvalue weighted by atomic mass is 10.1. The second kappa shape index (κ2) is 6.00. The third kappa shape index (κ3) is 3.32. The molecule has 0 amide bonds. The maximum Gasteiger partial charge on any atom is 0.161 e. The van der Waals surface area contributed by atoms with Gasteiger partial charge >= 0.3 is 0 Å². The zero-order valence-corrected chi connectivity index (χ0v) is 11.8. The highest BCUT2D eigenvalue weighted by Gasteiger charge is 2.25.